The molecule has 2 atom stereocenters. The number of aliphatic carboxylic acids is 1. The average molecular weight is 347 g/mol. The summed E-state index contributed by atoms with van der Waals surface area (Å²) in [5.41, 5.74) is -1.48. The molecule has 1 aliphatic carbocycles. The SMILES string of the molecule is CCO[C@@H]1C[C@@](NC(=O)c2csc3ccccc23)(C(=O)O)C1(C)C. The Morgan fingerprint density at radius 2 is 2.08 bits per heavy atom. The summed E-state index contributed by atoms with van der Waals surface area (Å²) in [6, 6.07) is 7.61. The van der Waals surface area contributed by atoms with E-state index in [2.05, 4.69) is 5.32 Å². The third kappa shape index (κ3) is 2.32. The van der Waals surface area contributed by atoms with Crippen LogP contribution in [0.3, 0.4) is 0 Å². The number of ether oxygens (including phenoxy) is 1. The van der Waals surface area contributed by atoms with E-state index in [0.29, 0.717) is 12.2 Å². The molecule has 0 bridgehead atoms. The first kappa shape index (κ1) is 16.9. The van der Waals surface area contributed by atoms with Crippen LogP contribution in [0.4, 0.5) is 0 Å². The second-order valence-electron chi connectivity index (χ2n) is 6.68. The highest BCUT2D eigenvalue weighted by atomic mass is 32.1. The van der Waals surface area contributed by atoms with Crippen molar-refractivity contribution in [1.29, 1.82) is 0 Å². The molecule has 1 saturated carbocycles. The lowest BCUT2D eigenvalue weighted by Gasteiger charge is -2.58. The zero-order valence-corrected chi connectivity index (χ0v) is 14.8. The van der Waals surface area contributed by atoms with Gasteiger partial charge < -0.3 is 15.2 Å². The maximum Gasteiger partial charge on any atom is 0.330 e. The number of rotatable bonds is 5. The summed E-state index contributed by atoms with van der Waals surface area (Å²) in [6.07, 6.45) is 0.0925. The Kier molecular flexibility index (Phi) is 4.13. The van der Waals surface area contributed by atoms with Crippen molar-refractivity contribution in [1.82, 2.24) is 5.32 Å². The summed E-state index contributed by atoms with van der Waals surface area (Å²) < 4.78 is 6.64. The maximum absolute atomic E-state index is 12.8. The lowest BCUT2D eigenvalue weighted by atomic mass is 9.54. The van der Waals surface area contributed by atoms with Gasteiger partial charge in [-0.25, -0.2) is 4.79 Å². The van der Waals surface area contributed by atoms with Gasteiger partial charge in [0.05, 0.1) is 11.7 Å². The minimum Gasteiger partial charge on any atom is -0.479 e. The van der Waals surface area contributed by atoms with Crippen molar-refractivity contribution in [2.24, 2.45) is 5.41 Å². The van der Waals surface area contributed by atoms with Crippen molar-refractivity contribution in [3.63, 3.8) is 0 Å². The standard InChI is InChI=1S/C18H21NO4S/c1-4-23-14-9-18(16(21)22,17(14,2)3)19-15(20)12-10-24-13-8-6-5-7-11(12)13/h5-8,10,14H,4,9H2,1-3H3,(H,19,20)(H,21,22)/t14-,18-/m1/s1. The van der Waals surface area contributed by atoms with Gasteiger partial charge in [0, 0.05) is 33.9 Å². The summed E-state index contributed by atoms with van der Waals surface area (Å²) in [4.78, 5) is 24.7. The molecule has 2 N–H and O–H groups in total. The van der Waals surface area contributed by atoms with Crippen LogP contribution in [0, 0.1) is 5.41 Å². The molecule has 1 aromatic carbocycles. The number of nitrogens with one attached hydrogen (secondary N) is 1. The van der Waals surface area contributed by atoms with Gasteiger partial charge in [0.25, 0.3) is 5.91 Å². The van der Waals surface area contributed by atoms with E-state index in [-0.39, 0.29) is 18.4 Å². The van der Waals surface area contributed by atoms with Gasteiger partial charge in [-0.15, -0.1) is 11.3 Å². The van der Waals surface area contributed by atoms with Gasteiger partial charge in [-0.05, 0) is 13.0 Å². The van der Waals surface area contributed by atoms with Crippen LogP contribution in [-0.4, -0.2) is 35.2 Å². The molecule has 1 fully saturated rings. The van der Waals surface area contributed by atoms with Crippen LogP contribution in [0.2, 0.25) is 0 Å². The summed E-state index contributed by atoms with van der Waals surface area (Å²) in [7, 11) is 0. The Hall–Kier alpha value is -1.92. The van der Waals surface area contributed by atoms with Gasteiger partial charge in [0.2, 0.25) is 0 Å². The summed E-state index contributed by atoms with van der Waals surface area (Å²) in [5.74, 6) is -1.37. The van der Waals surface area contributed by atoms with Crippen molar-refractivity contribution >= 4 is 33.3 Å². The molecular formula is C18H21NO4S. The molecule has 2 aromatic rings. The number of hydrogen-bond donors (Lipinski definition) is 2. The first-order chi connectivity index (χ1) is 11.3. The van der Waals surface area contributed by atoms with Crippen molar-refractivity contribution < 1.29 is 19.4 Å². The number of carbonyl (C=O) groups excluding carboxylic acids is 1. The number of thiophene rings is 1. The summed E-state index contributed by atoms with van der Waals surface area (Å²) in [5, 5.41) is 15.2. The molecular weight excluding hydrogens is 326 g/mol. The topological polar surface area (TPSA) is 75.6 Å². The van der Waals surface area contributed by atoms with Gasteiger partial charge in [0.15, 0.2) is 0 Å². The van der Waals surface area contributed by atoms with Gasteiger partial charge >= 0.3 is 5.97 Å². The second kappa shape index (κ2) is 5.86. The third-order valence-electron chi connectivity index (χ3n) is 5.18. The zero-order chi connectivity index (χ0) is 17.5. The summed E-state index contributed by atoms with van der Waals surface area (Å²) in [6.45, 7) is 6.06. The number of carbonyl (C=O) groups is 2. The Balaban J connectivity index is 1.90. The van der Waals surface area contributed by atoms with E-state index in [9.17, 15) is 14.7 Å². The van der Waals surface area contributed by atoms with Crippen LogP contribution < -0.4 is 5.32 Å². The normalized spacial score (nSPS) is 25.2. The lowest BCUT2D eigenvalue weighted by molar-refractivity contribution is -0.190. The fraction of sp³-hybridized carbons (Fsp3) is 0.444. The molecule has 24 heavy (non-hydrogen) atoms. The predicted octanol–water partition coefficient (Wildman–Crippen LogP) is 3.29. The molecule has 1 aromatic heterocycles. The number of carboxylic acid groups (broad SMARTS) is 1. The van der Waals surface area contributed by atoms with Crippen LogP contribution in [0.15, 0.2) is 29.6 Å². The molecule has 1 amide bonds. The highest BCUT2D eigenvalue weighted by Crippen LogP contribution is 2.51. The smallest absolute Gasteiger partial charge is 0.330 e. The molecule has 6 heteroatoms. The minimum absolute atomic E-state index is 0.182. The number of carboxylic acids is 1. The van der Waals surface area contributed by atoms with Gasteiger partial charge in [-0.1, -0.05) is 32.0 Å². The number of hydrogen-bond acceptors (Lipinski definition) is 4. The number of amides is 1. The number of fused-ring (bicyclic) bond motifs is 1. The highest BCUT2D eigenvalue weighted by molar-refractivity contribution is 7.17. The Labute approximate surface area is 144 Å². The fourth-order valence-corrected chi connectivity index (χ4v) is 4.39. The molecule has 1 aliphatic rings. The Bertz CT molecular complexity index is 797. The van der Waals surface area contributed by atoms with Crippen LogP contribution in [0.5, 0.6) is 0 Å². The first-order valence-electron chi connectivity index (χ1n) is 7.97. The Morgan fingerprint density at radius 1 is 1.38 bits per heavy atom. The largest absolute Gasteiger partial charge is 0.479 e. The zero-order valence-electron chi connectivity index (χ0n) is 14.0. The average Bonchev–Trinajstić information content (AvgIpc) is 2.97. The molecule has 3 rings (SSSR count). The molecule has 0 unspecified atom stereocenters. The van der Waals surface area contributed by atoms with Crippen LogP contribution >= 0.6 is 11.3 Å². The van der Waals surface area contributed by atoms with Gasteiger partial charge in [0.1, 0.15) is 5.54 Å². The minimum atomic E-state index is -1.31. The van der Waals surface area contributed by atoms with E-state index < -0.39 is 16.9 Å². The third-order valence-corrected chi connectivity index (χ3v) is 6.15. The van der Waals surface area contributed by atoms with E-state index in [1.165, 1.54) is 11.3 Å². The summed E-state index contributed by atoms with van der Waals surface area (Å²) >= 11 is 1.48. The number of benzene rings is 1. The predicted molar refractivity (Wildman–Crippen MR) is 93.5 cm³/mol. The van der Waals surface area contributed by atoms with E-state index >= 15 is 0 Å². The van der Waals surface area contributed by atoms with Crippen molar-refractivity contribution in [2.45, 2.75) is 38.8 Å². The van der Waals surface area contributed by atoms with Crippen molar-refractivity contribution in [3.8, 4) is 0 Å². The molecule has 1 heterocycles. The quantitative estimate of drug-likeness (QED) is 0.870. The fourth-order valence-electron chi connectivity index (χ4n) is 3.45. The Morgan fingerprint density at radius 3 is 2.71 bits per heavy atom. The van der Waals surface area contributed by atoms with Gasteiger partial charge in [-0.3, -0.25) is 4.79 Å². The molecule has 0 saturated heterocycles. The van der Waals surface area contributed by atoms with E-state index in [1.54, 1.807) is 5.38 Å². The molecule has 0 aliphatic heterocycles. The van der Waals surface area contributed by atoms with Crippen LogP contribution in [-0.2, 0) is 9.53 Å². The molecule has 0 spiro atoms. The van der Waals surface area contributed by atoms with E-state index in [4.69, 9.17) is 4.74 Å². The maximum atomic E-state index is 12.8. The van der Waals surface area contributed by atoms with Crippen molar-refractivity contribution in [3.05, 3.63) is 35.2 Å². The van der Waals surface area contributed by atoms with Gasteiger partial charge in [-0.2, -0.15) is 0 Å². The highest BCUT2D eigenvalue weighted by Gasteiger charge is 2.66. The molecule has 5 nitrogen and oxygen atoms in total. The van der Waals surface area contributed by atoms with E-state index in [0.717, 1.165) is 10.1 Å². The van der Waals surface area contributed by atoms with Crippen LogP contribution in [0.1, 0.15) is 37.6 Å². The lowest BCUT2D eigenvalue weighted by Crippen LogP contribution is -2.76. The monoisotopic (exact) mass is 347 g/mol. The van der Waals surface area contributed by atoms with Crippen molar-refractivity contribution in [2.75, 3.05) is 6.61 Å². The molecule has 128 valence electrons. The molecule has 0 radical (unpaired) electrons. The first-order valence-corrected chi connectivity index (χ1v) is 8.85. The second-order valence-corrected chi connectivity index (χ2v) is 7.59. The van der Waals surface area contributed by atoms with Crippen LogP contribution in [0.25, 0.3) is 10.1 Å². The van der Waals surface area contributed by atoms with E-state index in [1.807, 2.05) is 45.0 Å².